The van der Waals surface area contributed by atoms with E-state index in [1.807, 2.05) is 0 Å². The van der Waals surface area contributed by atoms with E-state index in [0.717, 1.165) is 0 Å². The Labute approximate surface area is 178 Å². The zero-order valence-electron chi connectivity index (χ0n) is 17.4. The van der Waals surface area contributed by atoms with Gasteiger partial charge in [-0.1, -0.05) is 0 Å². The number of thiophene rings is 1. The summed E-state index contributed by atoms with van der Waals surface area (Å²) >= 11 is 1.25. The maximum atomic E-state index is 12.9. The number of esters is 1. The van der Waals surface area contributed by atoms with Crippen molar-refractivity contribution in [3.05, 3.63) is 39.4 Å². The fourth-order valence-electron chi connectivity index (χ4n) is 3.60. The first-order chi connectivity index (χ1) is 14.4. The lowest BCUT2D eigenvalue weighted by Gasteiger charge is -2.29. The average molecular weight is 429 g/mol. The van der Waals surface area contributed by atoms with Crippen LogP contribution < -0.4 is 25.3 Å². The maximum absolute atomic E-state index is 12.9. The number of carbonyl (C=O) groups excluding carboxylic acids is 1. The number of hydrogen-bond donors (Lipinski definition) is 2. The third-order valence-electron chi connectivity index (χ3n) is 4.88. The first kappa shape index (κ1) is 21.3. The van der Waals surface area contributed by atoms with Gasteiger partial charge in [0.05, 0.1) is 39.2 Å². The molecular weight excluding hydrogens is 406 g/mol. The Morgan fingerprint density at radius 2 is 1.87 bits per heavy atom. The lowest BCUT2D eigenvalue weighted by molar-refractivity contribution is -0.138. The van der Waals surface area contributed by atoms with Crippen molar-refractivity contribution in [3.8, 4) is 23.3 Å². The quantitative estimate of drug-likeness (QED) is 0.669. The molecule has 1 aromatic carbocycles. The minimum absolute atomic E-state index is 0.229. The second kappa shape index (κ2) is 8.55. The highest BCUT2D eigenvalue weighted by Gasteiger charge is 2.38. The van der Waals surface area contributed by atoms with E-state index in [2.05, 4.69) is 11.4 Å². The number of nitrogens with two attached hydrogens (primary N) is 1. The van der Waals surface area contributed by atoms with Crippen LogP contribution in [0.3, 0.4) is 0 Å². The van der Waals surface area contributed by atoms with E-state index in [9.17, 15) is 10.1 Å². The SMILES string of the molecule is CCOC(=O)C1=C(C)Nc2sc(C#N)c(N)c2C1c1cc(OC)c(OC)c(OC)c1. The summed E-state index contributed by atoms with van der Waals surface area (Å²) in [5.74, 6) is 0.292. The largest absolute Gasteiger partial charge is 0.493 e. The Kier molecular flexibility index (Phi) is 6.08. The Hall–Kier alpha value is -3.38. The van der Waals surface area contributed by atoms with Crippen LogP contribution >= 0.6 is 11.3 Å². The van der Waals surface area contributed by atoms with E-state index >= 15 is 0 Å². The third-order valence-corrected chi connectivity index (χ3v) is 5.92. The first-order valence-corrected chi connectivity index (χ1v) is 10.00. The highest BCUT2D eigenvalue weighted by Crippen LogP contribution is 2.52. The molecule has 1 unspecified atom stereocenters. The number of carbonyl (C=O) groups is 1. The van der Waals surface area contributed by atoms with Gasteiger partial charge in [-0.15, -0.1) is 11.3 Å². The van der Waals surface area contributed by atoms with Crippen molar-refractivity contribution in [1.82, 2.24) is 0 Å². The Morgan fingerprint density at radius 1 is 1.23 bits per heavy atom. The lowest BCUT2D eigenvalue weighted by Crippen LogP contribution is -2.24. The van der Waals surface area contributed by atoms with Gasteiger partial charge < -0.3 is 30.0 Å². The number of nitrogens with zero attached hydrogens (tertiary/aromatic N) is 1. The van der Waals surface area contributed by atoms with E-state index < -0.39 is 11.9 Å². The number of rotatable bonds is 6. The summed E-state index contributed by atoms with van der Waals surface area (Å²) in [6.45, 7) is 3.77. The molecule has 0 aliphatic carbocycles. The summed E-state index contributed by atoms with van der Waals surface area (Å²) in [7, 11) is 4.57. The molecule has 0 amide bonds. The van der Waals surface area contributed by atoms with Gasteiger partial charge in [-0.3, -0.25) is 0 Å². The van der Waals surface area contributed by atoms with Crippen LogP contribution in [-0.2, 0) is 9.53 Å². The second-order valence-electron chi connectivity index (χ2n) is 6.48. The number of hydrogen-bond acceptors (Lipinski definition) is 9. The van der Waals surface area contributed by atoms with Crippen LogP contribution in [0.4, 0.5) is 10.7 Å². The first-order valence-electron chi connectivity index (χ1n) is 9.18. The molecular formula is C21H23N3O5S. The summed E-state index contributed by atoms with van der Waals surface area (Å²) in [6, 6.07) is 5.67. The van der Waals surface area contributed by atoms with Crippen LogP contribution in [0.1, 0.15) is 35.8 Å². The van der Waals surface area contributed by atoms with Gasteiger partial charge in [0.25, 0.3) is 0 Å². The zero-order valence-corrected chi connectivity index (χ0v) is 18.2. The molecule has 0 radical (unpaired) electrons. The minimum atomic E-state index is -0.577. The van der Waals surface area contributed by atoms with Gasteiger partial charge in [0.2, 0.25) is 5.75 Å². The van der Waals surface area contributed by atoms with Crippen molar-refractivity contribution in [2.45, 2.75) is 19.8 Å². The number of nitrogen functional groups attached to an aromatic ring is 1. The van der Waals surface area contributed by atoms with Crippen LogP contribution in [0, 0.1) is 11.3 Å². The summed E-state index contributed by atoms with van der Waals surface area (Å²) in [5, 5.41) is 13.4. The molecule has 1 aromatic heterocycles. The number of allylic oxidation sites excluding steroid dienone is 1. The maximum Gasteiger partial charge on any atom is 0.336 e. The van der Waals surface area contributed by atoms with Crippen molar-refractivity contribution in [2.24, 2.45) is 0 Å². The van der Waals surface area contributed by atoms with Crippen molar-refractivity contribution >= 4 is 28.0 Å². The van der Waals surface area contributed by atoms with Gasteiger partial charge in [0.1, 0.15) is 15.9 Å². The fraction of sp³-hybridized carbons (Fsp3) is 0.333. The van der Waals surface area contributed by atoms with Crippen molar-refractivity contribution in [1.29, 1.82) is 5.26 Å². The number of benzene rings is 1. The third kappa shape index (κ3) is 3.39. The van der Waals surface area contributed by atoms with Gasteiger partial charge in [-0.2, -0.15) is 5.26 Å². The summed E-state index contributed by atoms with van der Waals surface area (Å²) in [4.78, 5) is 13.3. The molecule has 2 heterocycles. The molecule has 8 nitrogen and oxygen atoms in total. The summed E-state index contributed by atoms with van der Waals surface area (Å²) in [5.41, 5.74) is 9.05. The van der Waals surface area contributed by atoms with E-state index in [0.29, 0.717) is 55.2 Å². The second-order valence-corrected chi connectivity index (χ2v) is 7.50. The minimum Gasteiger partial charge on any atom is -0.493 e. The van der Waals surface area contributed by atoms with Crippen LogP contribution in [-0.4, -0.2) is 33.9 Å². The number of nitriles is 1. The van der Waals surface area contributed by atoms with Crippen LogP contribution in [0.15, 0.2) is 23.4 Å². The Morgan fingerprint density at radius 3 is 2.37 bits per heavy atom. The highest BCUT2D eigenvalue weighted by molar-refractivity contribution is 7.17. The number of nitrogens with one attached hydrogen (secondary N) is 1. The highest BCUT2D eigenvalue weighted by atomic mass is 32.1. The average Bonchev–Trinajstić information content (AvgIpc) is 3.06. The predicted octanol–water partition coefficient (Wildman–Crippen LogP) is 3.62. The van der Waals surface area contributed by atoms with E-state index in [-0.39, 0.29) is 6.61 Å². The van der Waals surface area contributed by atoms with Crippen LogP contribution in [0.25, 0.3) is 0 Å². The van der Waals surface area contributed by atoms with Gasteiger partial charge in [0, 0.05) is 17.2 Å². The summed E-state index contributed by atoms with van der Waals surface area (Å²) in [6.07, 6.45) is 0. The molecule has 3 N–H and O–H groups in total. The van der Waals surface area contributed by atoms with Gasteiger partial charge in [-0.05, 0) is 31.5 Å². The Bertz CT molecular complexity index is 1040. The number of fused-ring (bicyclic) bond motifs is 1. The number of anilines is 2. The van der Waals surface area contributed by atoms with Crippen LogP contribution in [0.2, 0.25) is 0 Å². The molecule has 1 atom stereocenters. The molecule has 1 aliphatic rings. The van der Waals surface area contributed by atoms with Crippen LogP contribution in [0.5, 0.6) is 17.2 Å². The number of methoxy groups -OCH3 is 3. The fourth-order valence-corrected chi connectivity index (χ4v) is 4.61. The van der Waals surface area contributed by atoms with Crippen molar-refractivity contribution in [2.75, 3.05) is 39.0 Å². The van der Waals surface area contributed by atoms with E-state index in [4.69, 9.17) is 24.7 Å². The smallest absolute Gasteiger partial charge is 0.336 e. The predicted molar refractivity (Wildman–Crippen MR) is 114 cm³/mol. The van der Waals surface area contributed by atoms with E-state index in [1.165, 1.54) is 32.7 Å². The number of ether oxygens (including phenoxy) is 4. The standard InChI is InChI=1S/C21H23N3O5S/c1-6-29-21(25)15-10(2)24-20-17(18(23)14(9-22)30-20)16(15)11-7-12(26-3)19(28-5)13(8-11)27-4/h7-8,16,24H,6,23H2,1-5H3. The molecule has 1 aliphatic heterocycles. The van der Waals surface area contributed by atoms with Crippen molar-refractivity contribution in [3.63, 3.8) is 0 Å². The molecule has 3 rings (SSSR count). The molecule has 0 fully saturated rings. The van der Waals surface area contributed by atoms with Gasteiger partial charge in [-0.25, -0.2) is 4.79 Å². The van der Waals surface area contributed by atoms with Gasteiger partial charge in [0.15, 0.2) is 11.5 Å². The molecule has 0 bridgehead atoms. The van der Waals surface area contributed by atoms with Gasteiger partial charge >= 0.3 is 5.97 Å². The molecule has 30 heavy (non-hydrogen) atoms. The monoisotopic (exact) mass is 429 g/mol. The van der Waals surface area contributed by atoms with E-state index in [1.54, 1.807) is 26.0 Å². The molecule has 2 aromatic rings. The zero-order chi connectivity index (χ0) is 22.0. The molecule has 0 spiro atoms. The Balaban J connectivity index is 2.32. The molecule has 158 valence electrons. The molecule has 0 saturated heterocycles. The topological polar surface area (TPSA) is 116 Å². The molecule has 0 saturated carbocycles. The normalized spacial score (nSPS) is 15.0. The molecule has 9 heteroatoms. The van der Waals surface area contributed by atoms with Crippen molar-refractivity contribution < 1.29 is 23.7 Å². The summed E-state index contributed by atoms with van der Waals surface area (Å²) < 4.78 is 21.7. The lowest BCUT2D eigenvalue weighted by atomic mass is 9.81.